The number of benzene rings is 9. The van der Waals surface area contributed by atoms with E-state index in [4.69, 9.17) is 26.2 Å². The first-order valence-corrected chi connectivity index (χ1v) is 18.1. The fraction of sp³-hybridized carbons (Fsp3) is 0. The van der Waals surface area contributed by atoms with Crippen molar-refractivity contribution >= 4 is 54.3 Å². The zero-order valence-electron chi connectivity index (χ0n) is 34.3. The summed E-state index contributed by atoms with van der Waals surface area (Å²) in [6.07, 6.45) is 0. The van der Waals surface area contributed by atoms with Gasteiger partial charge in [0.2, 0.25) is 0 Å². The average molecular weight is 707 g/mol. The van der Waals surface area contributed by atoms with Gasteiger partial charge in [-0.15, -0.1) is 0 Å². The fourth-order valence-electron chi connectivity index (χ4n) is 7.83. The Labute approximate surface area is 324 Å². The van der Waals surface area contributed by atoms with Crippen LogP contribution in [0.4, 0.5) is 0 Å². The van der Waals surface area contributed by atoms with E-state index in [1.165, 1.54) is 32.3 Å². The van der Waals surface area contributed by atoms with Gasteiger partial charge in [0.1, 0.15) is 11.2 Å². The van der Waals surface area contributed by atoms with E-state index in [1.54, 1.807) is 18.2 Å². The van der Waals surface area contributed by atoms with Crippen LogP contribution < -0.4 is 0 Å². The molecule has 11 rings (SSSR count). The molecule has 11 aromatic rings. The molecule has 9 aromatic carbocycles. The summed E-state index contributed by atoms with van der Waals surface area (Å²) in [6.45, 7) is 0. The predicted molar refractivity (Wildman–Crippen MR) is 227 cm³/mol. The van der Waals surface area contributed by atoms with Gasteiger partial charge in [-0.1, -0.05) is 158 Å². The maximum absolute atomic E-state index is 8.61. The van der Waals surface area contributed by atoms with Gasteiger partial charge >= 0.3 is 0 Å². The van der Waals surface area contributed by atoms with Crippen molar-refractivity contribution in [1.29, 1.82) is 0 Å². The van der Waals surface area contributed by atoms with E-state index < -0.39 is 18.1 Å². The molecule has 0 aliphatic rings. The van der Waals surface area contributed by atoms with Crippen LogP contribution >= 0.6 is 0 Å². The van der Waals surface area contributed by atoms with Gasteiger partial charge in [0.15, 0.2) is 17.5 Å². The Morgan fingerprint density at radius 3 is 1.64 bits per heavy atom. The number of furan rings is 1. The Hall–Kier alpha value is -7.43. The van der Waals surface area contributed by atoms with Gasteiger partial charge in [0.05, 0.1) is 6.85 Å². The molecule has 4 heteroatoms. The summed E-state index contributed by atoms with van der Waals surface area (Å²) in [7, 11) is 0. The summed E-state index contributed by atoms with van der Waals surface area (Å²) in [5.74, 6) is 1.27. The highest BCUT2D eigenvalue weighted by Crippen LogP contribution is 2.41. The number of rotatable bonds is 5. The molecule has 55 heavy (non-hydrogen) atoms. The molecule has 0 amide bonds. The second-order valence-electron chi connectivity index (χ2n) is 13.6. The van der Waals surface area contributed by atoms with Crippen molar-refractivity contribution in [2.45, 2.75) is 0 Å². The summed E-state index contributed by atoms with van der Waals surface area (Å²) in [5, 5.41) is 9.11. The van der Waals surface area contributed by atoms with Crippen molar-refractivity contribution in [2.75, 3.05) is 0 Å². The number of nitrogens with zero attached hydrogens (tertiary/aromatic N) is 3. The molecule has 4 nitrogen and oxygen atoms in total. The molecule has 0 spiro atoms. The van der Waals surface area contributed by atoms with Gasteiger partial charge < -0.3 is 4.42 Å². The normalized spacial score (nSPS) is 12.9. The Bertz CT molecular complexity index is 3500. The molecule has 0 bridgehead atoms. The molecule has 2 aromatic heterocycles. The lowest BCUT2D eigenvalue weighted by Gasteiger charge is -2.12. The third-order valence-corrected chi connectivity index (χ3v) is 10.4. The van der Waals surface area contributed by atoms with Crippen LogP contribution in [0.25, 0.3) is 111 Å². The summed E-state index contributed by atoms with van der Waals surface area (Å²) in [6, 6.07) is 51.1. The second kappa shape index (κ2) is 12.6. The molecule has 0 N–H and O–H groups in total. The molecule has 0 fully saturated rings. The quantitative estimate of drug-likeness (QED) is 0.167. The lowest BCUT2D eigenvalue weighted by Crippen LogP contribution is -2.00. The van der Waals surface area contributed by atoms with Crippen LogP contribution in [0.5, 0.6) is 0 Å². The van der Waals surface area contributed by atoms with Gasteiger partial charge in [0.25, 0.3) is 0 Å². The van der Waals surface area contributed by atoms with E-state index in [2.05, 4.69) is 78.9 Å². The number of hydrogen-bond donors (Lipinski definition) is 0. The number of fused-ring (bicyclic) bond motifs is 9. The zero-order chi connectivity index (χ0) is 40.6. The molecule has 256 valence electrons. The van der Waals surface area contributed by atoms with Crippen LogP contribution in [0.2, 0.25) is 0 Å². The smallest absolute Gasteiger partial charge is 0.164 e. The molecule has 0 unspecified atom stereocenters. The zero-order valence-corrected chi connectivity index (χ0v) is 29.3. The molecule has 0 saturated heterocycles. The van der Waals surface area contributed by atoms with Crippen LogP contribution in [-0.4, -0.2) is 15.0 Å². The first-order chi connectivity index (χ1) is 29.3. The fourth-order valence-corrected chi connectivity index (χ4v) is 7.83. The van der Waals surface area contributed by atoms with Crippen LogP contribution in [0.15, 0.2) is 192 Å². The highest BCUT2D eigenvalue weighted by molar-refractivity contribution is 6.25. The monoisotopic (exact) mass is 706 g/mol. The van der Waals surface area contributed by atoms with Gasteiger partial charge in [-0.3, -0.25) is 0 Å². The Morgan fingerprint density at radius 1 is 0.345 bits per heavy atom. The molecule has 0 atom stereocenters. The summed E-state index contributed by atoms with van der Waals surface area (Å²) >= 11 is 0. The van der Waals surface area contributed by atoms with E-state index in [-0.39, 0.29) is 17.6 Å². The maximum atomic E-state index is 8.61. The van der Waals surface area contributed by atoms with Crippen molar-refractivity contribution in [1.82, 2.24) is 15.0 Å². The third kappa shape index (κ3) is 5.26. The number of aromatic nitrogens is 3. The topological polar surface area (TPSA) is 51.8 Å². The molecule has 0 aliphatic heterocycles. The maximum Gasteiger partial charge on any atom is 0.164 e. The summed E-state index contributed by atoms with van der Waals surface area (Å²) in [4.78, 5) is 15.1. The second-order valence-corrected chi connectivity index (χ2v) is 13.6. The Kier molecular flexibility index (Phi) is 6.04. The first kappa shape index (κ1) is 26.4. The minimum atomic E-state index is -0.438. The molecule has 2 heterocycles. The molecular formula is C51H31N3O. The highest BCUT2D eigenvalue weighted by atomic mass is 16.3. The van der Waals surface area contributed by atoms with Crippen LogP contribution in [-0.2, 0) is 0 Å². The molecular weight excluding hydrogens is 671 g/mol. The Morgan fingerprint density at radius 2 is 0.891 bits per heavy atom. The van der Waals surface area contributed by atoms with E-state index in [1.807, 2.05) is 60.7 Å². The van der Waals surface area contributed by atoms with Crippen molar-refractivity contribution in [3.8, 4) is 56.4 Å². The van der Waals surface area contributed by atoms with Crippen molar-refractivity contribution in [3.63, 3.8) is 0 Å². The number of hydrogen-bond acceptors (Lipinski definition) is 4. The predicted octanol–water partition coefficient (Wildman–Crippen LogP) is 13.6. The minimum Gasteiger partial charge on any atom is -0.456 e. The SMILES string of the molecule is [2H]c1c([2H])c([2H])c(-c2cccc(-c3nc(-c4ccccc4)nc(-c4cccc5oc6ccc(-c7ccc8c9ccccc9c9ccccc9c8c7)cc6c45)n3)c2)c([2H])c1[2H]. The largest absolute Gasteiger partial charge is 0.456 e. The lowest BCUT2D eigenvalue weighted by molar-refractivity contribution is 0.669. The minimum absolute atomic E-state index is 0.110. The van der Waals surface area contributed by atoms with E-state index >= 15 is 0 Å². The standard InChI is InChI=1S/C51H31N3O/c1-3-13-32(14-4-1)34-17-11-18-37(29-34)50-52-49(33-15-5-2-6-16-33)53-51(54-50)43-23-12-24-47-48(43)45-31-36(26-28-46(45)55-47)35-25-27-42-40-21-8-7-19-38(40)39-20-9-10-22-41(39)44(42)30-35/h1-31H/i1D,3D,4D,13D,14D. The highest BCUT2D eigenvalue weighted by Gasteiger charge is 2.19. The van der Waals surface area contributed by atoms with E-state index in [0.717, 1.165) is 38.6 Å². The first-order valence-electron chi connectivity index (χ1n) is 20.6. The lowest BCUT2D eigenvalue weighted by atomic mass is 9.92. The summed E-state index contributed by atoms with van der Waals surface area (Å²) in [5.41, 5.74) is 6.30. The van der Waals surface area contributed by atoms with Gasteiger partial charge in [-0.05, 0) is 84.9 Å². The van der Waals surface area contributed by atoms with E-state index in [9.17, 15) is 0 Å². The summed E-state index contributed by atoms with van der Waals surface area (Å²) < 4.78 is 48.3. The van der Waals surface area contributed by atoms with Crippen LogP contribution in [0.1, 0.15) is 6.85 Å². The molecule has 0 radical (unpaired) electrons. The van der Waals surface area contributed by atoms with Gasteiger partial charge in [0, 0.05) is 27.5 Å². The van der Waals surface area contributed by atoms with Crippen molar-refractivity contribution in [2.24, 2.45) is 0 Å². The van der Waals surface area contributed by atoms with Crippen molar-refractivity contribution in [3.05, 3.63) is 188 Å². The van der Waals surface area contributed by atoms with Crippen LogP contribution in [0.3, 0.4) is 0 Å². The molecule has 0 saturated carbocycles. The average Bonchev–Trinajstić information content (AvgIpc) is 3.69. The Balaban J connectivity index is 1.09. The van der Waals surface area contributed by atoms with Gasteiger partial charge in [-0.2, -0.15) is 0 Å². The van der Waals surface area contributed by atoms with Crippen molar-refractivity contribution < 1.29 is 11.3 Å². The van der Waals surface area contributed by atoms with E-state index in [0.29, 0.717) is 34.2 Å². The molecule has 0 aliphatic carbocycles. The third-order valence-electron chi connectivity index (χ3n) is 10.4. The van der Waals surface area contributed by atoms with Crippen LogP contribution in [0, 0.1) is 0 Å². The van der Waals surface area contributed by atoms with Gasteiger partial charge in [-0.25, -0.2) is 15.0 Å².